The fourth-order valence-electron chi connectivity index (χ4n) is 3.09. The van der Waals surface area contributed by atoms with E-state index in [2.05, 4.69) is 5.32 Å². The van der Waals surface area contributed by atoms with E-state index < -0.39 is 16.1 Å². The van der Waals surface area contributed by atoms with Crippen LogP contribution in [-0.2, 0) is 14.8 Å². The van der Waals surface area contributed by atoms with Gasteiger partial charge in [0.1, 0.15) is 24.2 Å². The van der Waals surface area contributed by atoms with Crippen LogP contribution in [0.15, 0.2) is 23.1 Å². The molecule has 2 atom stereocenters. The van der Waals surface area contributed by atoms with Crippen LogP contribution < -0.4 is 14.8 Å². The average Bonchev–Trinajstić information content (AvgIpc) is 3.06. The summed E-state index contributed by atoms with van der Waals surface area (Å²) in [6, 6.07) is 4.09. The second-order valence-corrected chi connectivity index (χ2v) is 7.17. The van der Waals surface area contributed by atoms with Gasteiger partial charge < -0.3 is 14.8 Å². The highest BCUT2D eigenvalue weighted by molar-refractivity contribution is 7.89. The molecule has 1 aromatic rings. The Hall–Kier alpha value is -1.80. The van der Waals surface area contributed by atoms with Crippen LogP contribution in [0.5, 0.6) is 11.5 Å². The fraction of sp³-hybridized carbons (Fsp3) is 0.462. The summed E-state index contributed by atoms with van der Waals surface area (Å²) in [6.07, 6.45) is 0.532. The Morgan fingerprint density at radius 2 is 2.05 bits per heavy atom. The maximum absolute atomic E-state index is 12.9. The van der Waals surface area contributed by atoms with Gasteiger partial charge in [-0.15, -0.1) is 0 Å². The second kappa shape index (κ2) is 4.35. The molecule has 1 N–H and O–H groups in total. The normalized spacial score (nSPS) is 27.7. The quantitative estimate of drug-likeness (QED) is 0.812. The van der Waals surface area contributed by atoms with Gasteiger partial charge >= 0.3 is 0 Å². The molecule has 0 spiro atoms. The number of nitrogens with zero attached hydrogens (tertiary/aromatic N) is 1. The van der Waals surface area contributed by atoms with E-state index in [0.717, 1.165) is 0 Å². The standard InChI is InChI=1S/C13H14N2O5S/c16-13-9-6-8(14-13)7-15(9)21(17,18)11-3-1-2-10-12(11)20-5-4-19-10/h1-3,8-9H,4-7H2,(H,14,16)/t8-,9-/m0/s1. The van der Waals surface area contributed by atoms with Gasteiger partial charge in [-0.2, -0.15) is 4.31 Å². The van der Waals surface area contributed by atoms with Crippen molar-refractivity contribution in [3.05, 3.63) is 18.2 Å². The summed E-state index contributed by atoms with van der Waals surface area (Å²) in [5.74, 6) is 0.444. The summed E-state index contributed by atoms with van der Waals surface area (Å²) in [5, 5.41) is 2.77. The van der Waals surface area contributed by atoms with Crippen LogP contribution in [0.4, 0.5) is 0 Å². The molecule has 3 aliphatic rings. The van der Waals surface area contributed by atoms with Crippen LogP contribution in [0, 0.1) is 0 Å². The van der Waals surface area contributed by atoms with Crippen LogP contribution in [-0.4, -0.2) is 50.5 Å². The van der Waals surface area contributed by atoms with E-state index >= 15 is 0 Å². The Morgan fingerprint density at radius 1 is 1.24 bits per heavy atom. The van der Waals surface area contributed by atoms with Gasteiger partial charge in [0.05, 0.1) is 0 Å². The number of benzene rings is 1. The minimum absolute atomic E-state index is 0.0695. The number of amides is 1. The number of rotatable bonds is 2. The third kappa shape index (κ3) is 1.82. The van der Waals surface area contributed by atoms with E-state index in [1.165, 1.54) is 10.4 Å². The Labute approximate surface area is 121 Å². The number of para-hydroxylation sites is 1. The van der Waals surface area contributed by atoms with Crippen molar-refractivity contribution < 1.29 is 22.7 Å². The van der Waals surface area contributed by atoms with E-state index in [4.69, 9.17) is 9.47 Å². The molecule has 21 heavy (non-hydrogen) atoms. The number of hydrogen-bond acceptors (Lipinski definition) is 5. The second-order valence-electron chi connectivity index (χ2n) is 5.31. The maximum Gasteiger partial charge on any atom is 0.247 e. The molecule has 2 saturated heterocycles. The van der Waals surface area contributed by atoms with E-state index in [-0.39, 0.29) is 22.6 Å². The van der Waals surface area contributed by atoms with Crippen molar-refractivity contribution in [2.75, 3.05) is 19.8 Å². The fourth-order valence-corrected chi connectivity index (χ4v) is 4.88. The molecule has 2 fully saturated rings. The average molecular weight is 310 g/mol. The predicted molar refractivity (Wildman–Crippen MR) is 71.7 cm³/mol. The maximum atomic E-state index is 12.9. The summed E-state index contributed by atoms with van der Waals surface area (Å²) in [7, 11) is -3.78. The number of carbonyl (C=O) groups excluding carboxylic acids is 1. The minimum atomic E-state index is -3.78. The van der Waals surface area contributed by atoms with Crippen molar-refractivity contribution in [1.82, 2.24) is 9.62 Å². The van der Waals surface area contributed by atoms with Crippen molar-refractivity contribution in [2.45, 2.75) is 23.4 Å². The molecule has 1 aromatic carbocycles. The molecule has 4 rings (SSSR count). The first kappa shape index (κ1) is 12.9. The number of nitrogens with one attached hydrogen (secondary N) is 1. The van der Waals surface area contributed by atoms with Gasteiger partial charge in [0.2, 0.25) is 15.9 Å². The first-order chi connectivity index (χ1) is 10.1. The largest absolute Gasteiger partial charge is 0.486 e. The number of ether oxygens (including phenoxy) is 2. The van der Waals surface area contributed by atoms with Crippen LogP contribution in [0.25, 0.3) is 0 Å². The monoisotopic (exact) mass is 310 g/mol. The molecular formula is C13H14N2O5S. The number of carbonyl (C=O) groups is 1. The SMILES string of the molecule is O=C1N[C@H]2C[C@@H]1N(S(=O)(=O)c1cccc3c1OCCO3)C2. The molecule has 2 bridgehead atoms. The van der Waals surface area contributed by atoms with Crippen molar-refractivity contribution in [1.29, 1.82) is 0 Å². The molecule has 0 saturated carbocycles. The molecule has 7 nitrogen and oxygen atoms in total. The first-order valence-electron chi connectivity index (χ1n) is 6.78. The van der Waals surface area contributed by atoms with Crippen LogP contribution >= 0.6 is 0 Å². The summed E-state index contributed by atoms with van der Waals surface area (Å²) in [4.78, 5) is 11.8. The highest BCUT2D eigenvalue weighted by Crippen LogP contribution is 2.40. The van der Waals surface area contributed by atoms with Gasteiger partial charge in [-0.3, -0.25) is 4.79 Å². The van der Waals surface area contributed by atoms with Gasteiger partial charge in [0.15, 0.2) is 11.5 Å². The highest BCUT2D eigenvalue weighted by Gasteiger charge is 2.50. The Bertz CT molecular complexity index is 717. The van der Waals surface area contributed by atoms with Gasteiger partial charge in [-0.05, 0) is 18.6 Å². The first-order valence-corrected chi connectivity index (χ1v) is 8.22. The van der Waals surface area contributed by atoms with Gasteiger partial charge in [-0.1, -0.05) is 6.07 Å². The third-order valence-corrected chi connectivity index (χ3v) is 5.92. The predicted octanol–water partition coefficient (Wildman–Crippen LogP) is -0.281. The lowest BCUT2D eigenvalue weighted by Crippen LogP contribution is -2.50. The lowest BCUT2D eigenvalue weighted by atomic mass is 10.2. The topological polar surface area (TPSA) is 84.9 Å². The Morgan fingerprint density at radius 3 is 2.81 bits per heavy atom. The zero-order valence-electron chi connectivity index (χ0n) is 11.1. The van der Waals surface area contributed by atoms with Crippen molar-refractivity contribution in [3.8, 4) is 11.5 Å². The number of hydrogen-bond donors (Lipinski definition) is 1. The Kier molecular flexibility index (Phi) is 2.67. The van der Waals surface area contributed by atoms with E-state index in [0.29, 0.717) is 31.9 Å². The van der Waals surface area contributed by atoms with E-state index in [1.54, 1.807) is 12.1 Å². The zero-order valence-corrected chi connectivity index (χ0v) is 11.9. The molecule has 112 valence electrons. The lowest BCUT2D eigenvalue weighted by Gasteiger charge is -2.28. The number of piperazine rings is 1. The molecule has 0 radical (unpaired) electrons. The molecule has 3 aliphatic heterocycles. The lowest BCUT2D eigenvalue weighted by molar-refractivity contribution is -0.123. The van der Waals surface area contributed by atoms with Crippen LogP contribution in [0.2, 0.25) is 0 Å². The Balaban J connectivity index is 1.78. The number of fused-ring (bicyclic) bond motifs is 3. The van der Waals surface area contributed by atoms with Crippen molar-refractivity contribution in [2.24, 2.45) is 0 Å². The molecule has 8 heteroatoms. The summed E-state index contributed by atoms with van der Waals surface area (Å²) < 4.78 is 37.9. The zero-order chi connectivity index (χ0) is 14.6. The molecule has 1 amide bonds. The van der Waals surface area contributed by atoms with Crippen LogP contribution in [0.1, 0.15) is 6.42 Å². The van der Waals surface area contributed by atoms with E-state index in [9.17, 15) is 13.2 Å². The molecular weight excluding hydrogens is 296 g/mol. The van der Waals surface area contributed by atoms with Crippen LogP contribution in [0.3, 0.4) is 0 Å². The summed E-state index contributed by atoms with van der Waals surface area (Å²) >= 11 is 0. The van der Waals surface area contributed by atoms with Crippen molar-refractivity contribution in [3.63, 3.8) is 0 Å². The van der Waals surface area contributed by atoms with Gasteiger partial charge in [-0.25, -0.2) is 8.42 Å². The molecule has 0 aliphatic carbocycles. The van der Waals surface area contributed by atoms with Crippen molar-refractivity contribution >= 4 is 15.9 Å². The number of sulfonamides is 1. The molecule has 0 unspecified atom stereocenters. The van der Waals surface area contributed by atoms with E-state index in [1.807, 2.05) is 0 Å². The molecule has 0 aromatic heterocycles. The highest BCUT2D eigenvalue weighted by atomic mass is 32.2. The van der Waals surface area contributed by atoms with Gasteiger partial charge in [0.25, 0.3) is 0 Å². The molecule has 3 heterocycles. The minimum Gasteiger partial charge on any atom is -0.486 e. The third-order valence-electron chi connectivity index (χ3n) is 4.02. The summed E-state index contributed by atoms with van der Waals surface area (Å²) in [6.45, 7) is 1.02. The summed E-state index contributed by atoms with van der Waals surface area (Å²) in [5.41, 5.74) is 0. The van der Waals surface area contributed by atoms with Gasteiger partial charge in [0, 0.05) is 12.6 Å². The smallest absolute Gasteiger partial charge is 0.247 e.